The summed E-state index contributed by atoms with van der Waals surface area (Å²) in [6, 6.07) is 4.62. The van der Waals surface area contributed by atoms with Gasteiger partial charge in [0.05, 0.1) is 5.60 Å². The maximum absolute atomic E-state index is 13.0. The largest absolute Gasteiger partial charge is 0.388 e. The Morgan fingerprint density at radius 2 is 1.88 bits per heavy atom. The van der Waals surface area contributed by atoms with E-state index in [2.05, 4.69) is 0 Å². The van der Waals surface area contributed by atoms with E-state index < -0.39 is 5.60 Å². The Kier molecular flexibility index (Phi) is 3.95. The lowest BCUT2D eigenvalue weighted by molar-refractivity contribution is -0.0491. The van der Waals surface area contributed by atoms with Gasteiger partial charge in [0.25, 0.3) is 0 Å². The number of halogens is 1. The smallest absolute Gasteiger partial charge is 0.123 e. The maximum atomic E-state index is 13.0. The average Bonchev–Trinajstić information content (AvgIpc) is 2.20. The highest BCUT2D eigenvalue weighted by atomic mass is 19.1. The molecule has 1 aromatic rings. The molecule has 0 aromatic heterocycles. The molecule has 1 rings (SSSR count). The third-order valence-corrected chi connectivity index (χ3v) is 3.52. The van der Waals surface area contributed by atoms with Crippen LogP contribution in [0.15, 0.2) is 18.2 Å². The van der Waals surface area contributed by atoms with Crippen LogP contribution in [0.4, 0.5) is 4.39 Å². The predicted molar refractivity (Wildman–Crippen MR) is 68.3 cm³/mol. The van der Waals surface area contributed by atoms with E-state index in [1.165, 1.54) is 12.1 Å². The molecule has 0 aliphatic rings. The zero-order valence-electron chi connectivity index (χ0n) is 11.0. The van der Waals surface area contributed by atoms with Gasteiger partial charge in [-0.2, -0.15) is 0 Å². The van der Waals surface area contributed by atoms with Crippen LogP contribution in [-0.4, -0.2) is 17.3 Å². The summed E-state index contributed by atoms with van der Waals surface area (Å²) in [5.74, 6) is -0.252. The fourth-order valence-electron chi connectivity index (χ4n) is 1.82. The number of aliphatic hydroxyl groups is 1. The van der Waals surface area contributed by atoms with Crippen LogP contribution in [0.1, 0.15) is 31.9 Å². The molecule has 0 aliphatic carbocycles. The summed E-state index contributed by atoms with van der Waals surface area (Å²) in [6.45, 7) is 7.90. The van der Waals surface area contributed by atoms with Gasteiger partial charge in [-0.3, -0.25) is 0 Å². The van der Waals surface area contributed by atoms with Crippen LogP contribution in [0, 0.1) is 18.2 Å². The molecule has 0 saturated heterocycles. The van der Waals surface area contributed by atoms with Crippen molar-refractivity contribution in [1.29, 1.82) is 0 Å². The minimum Gasteiger partial charge on any atom is -0.388 e. The molecule has 0 amide bonds. The van der Waals surface area contributed by atoms with E-state index in [9.17, 15) is 9.50 Å². The molecule has 1 atom stereocenters. The highest BCUT2D eigenvalue weighted by Crippen LogP contribution is 2.33. The van der Waals surface area contributed by atoms with E-state index in [-0.39, 0.29) is 17.8 Å². The van der Waals surface area contributed by atoms with Crippen LogP contribution in [0.3, 0.4) is 0 Å². The Morgan fingerprint density at radius 1 is 1.29 bits per heavy atom. The van der Waals surface area contributed by atoms with Crippen LogP contribution in [0.2, 0.25) is 0 Å². The summed E-state index contributed by atoms with van der Waals surface area (Å²) >= 11 is 0. The van der Waals surface area contributed by atoms with Crippen LogP contribution in [-0.2, 0) is 6.42 Å². The van der Waals surface area contributed by atoms with Gasteiger partial charge in [-0.15, -0.1) is 0 Å². The fraction of sp³-hybridized carbons (Fsp3) is 0.571. The lowest BCUT2D eigenvalue weighted by Gasteiger charge is -2.40. The summed E-state index contributed by atoms with van der Waals surface area (Å²) in [5, 5.41) is 10.6. The number of aryl methyl sites for hydroxylation is 1. The Labute approximate surface area is 103 Å². The Hall–Kier alpha value is -0.930. The molecule has 17 heavy (non-hydrogen) atoms. The lowest BCUT2D eigenvalue weighted by Crippen LogP contribution is -2.51. The van der Waals surface area contributed by atoms with Crippen LogP contribution in [0.25, 0.3) is 0 Å². The van der Waals surface area contributed by atoms with Crippen molar-refractivity contribution in [2.24, 2.45) is 11.1 Å². The summed E-state index contributed by atoms with van der Waals surface area (Å²) in [4.78, 5) is 0. The van der Waals surface area contributed by atoms with Crippen molar-refractivity contribution in [1.82, 2.24) is 0 Å². The number of rotatable bonds is 3. The highest BCUT2D eigenvalue weighted by molar-refractivity contribution is 5.28. The summed E-state index contributed by atoms with van der Waals surface area (Å²) in [7, 11) is 0. The molecule has 96 valence electrons. The Balaban J connectivity index is 3.03. The summed E-state index contributed by atoms with van der Waals surface area (Å²) < 4.78 is 13.0. The van der Waals surface area contributed by atoms with Gasteiger partial charge in [-0.05, 0) is 35.6 Å². The minimum absolute atomic E-state index is 0.188. The van der Waals surface area contributed by atoms with Gasteiger partial charge in [0.1, 0.15) is 5.82 Å². The zero-order valence-corrected chi connectivity index (χ0v) is 11.0. The second-order valence-corrected chi connectivity index (χ2v) is 5.73. The molecular formula is C14H22FNO. The number of hydrogen-bond acceptors (Lipinski definition) is 2. The van der Waals surface area contributed by atoms with Gasteiger partial charge < -0.3 is 10.8 Å². The second kappa shape index (κ2) is 4.75. The van der Waals surface area contributed by atoms with Crippen LogP contribution >= 0.6 is 0 Å². The normalized spacial score (nSPS) is 15.7. The monoisotopic (exact) mass is 239 g/mol. The zero-order chi connectivity index (χ0) is 13.3. The standard InChI is InChI=1S/C14H22FNO/c1-10-7-12(15)6-5-11(10)8-14(17,9-16)13(2,3)4/h5-7,17H,8-9,16H2,1-4H3. The van der Waals surface area contributed by atoms with Crippen LogP contribution < -0.4 is 5.73 Å². The van der Waals surface area contributed by atoms with Gasteiger partial charge >= 0.3 is 0 Å². The molecule has 0 aliphatic heterocycles. The molecule has 0 radical (unpaired) electrons. The van der Waals surface area contributed by atoms with Gasteiger partial charge in [0.2, 0.25) is 0 Å². The minimum atomic E-state index is -0.977. The number of benzene rings is 1. The molecule has 1 aromatic carbocycles. The van der Waals surface area contributed by atoms with Crippen molar-refractivity contribution >= 4 is 0 Å². The first-order chi connectivity index (χ1) is 7.69. The molecule has 0 fully saturated rings. The van der Waals surface area contributed by atoms with E-state index in [1.807, 2.05) is 27.7 Å². The molecular weight excluding hydrogens is 217 g/mol. The second-order valence-electron chi connectivity index (χ2n) is 5.73. The van der Waals surface area contributed by atoms with Gasteiger partial charge in [-0.1, -0.05) is 26.8 Å². The summed E-state index contributed by atoms with van der Waals surface area (Å²) in [5.41, 5.74) is 6.19. The van der Waals surface area contributed by atoms with E-state index in [4.69, 9.17) is 5.73 Å². The molecule has 1 unspecified atom stereocenters. The van der Waals surface area contributed by atoms with Crippen molar-refractivity contribution in [2.45, 2.75) is 39.7 Å². The predicted octanol–water partition coefficient (Wildman–Crippen LogP) is 2.41. The maximum Gasteiger partial charge on any atom is 0.123 e. The fourth-order valence-corrected chi connectivity index (χ4v) is 1.82. The quantitative estimate of drug-likeness (QED) is 0.851. The molecule has 3 heteroatoms. The van der Waals surface area contributed by atoms with Gasteiger partial charge in [-0.25, -0.2) is 4.39 Å². The lowest BCUT2D eigenvalue weighted by atomic mass is 9.72. The van der Waals surface area contributed by atoms with E-state index in [0.29, 0.717) is 6.42 Å². The summed E-state index contributed by atoms with van der Waals surface area (Å²) in [6.07, 6.45) is 0.444. The number of nitrogens with two attached hydrogens (primary N) is 1. The molecule has 2 nitrogen and oxygen atoms in total. The first-order valence-electron chi connectivity index (χ1n) is 5.87. The van der Waals surface area contributed by atoms with E-state index in [0.717, 1.165) is 11.1 Å². The molecule has 0 spiro atoms. The van der Waals surface area contributed by atoms with Crippen molar-refractivity contribution in [3.05, 3.63) is 35.1 Å². The van der Waals surface area contributed by atoms with Crippen molar-refractivity contribution in [3.8, 4) is 0 Å². The van der Waals surface area contributed by atoms with E-state index >= 15 is 0 Å². The van der Waals surface area contributed by atoms with Gasteiger partial charge in [0.15, 0.2) is 0 Å². The Bertz CT molecular complexity index is 398. The van der Waals surface area contributed by atoms with Crippen molar-refractivity contribution < 1.29 is 9.50 Å². The van der Waals surface area contributed by atoms with E-state index in [1.54, 1.807) is 6.07 Å². The van der Waals surface area contributed by atoms with Crippen molar-refractivity contribution in [2.75, 3.05) is 6.54 Å². The molecule has 0 saturated carbocycles. The first kappa shape index (κ1) is 14.1. The van der Waals surface area contributed by atoms with Crippen LogP contribution in [0.5, 0.6) is 0 Å². The average molecular weight is 239 g/mol. The molecule has 0 heterocycles. The third-order valence-electron chi connectivity index (χ3n) is 3.52. The molecule has 3 N–H and O–H groups in total. The Morgan fingerprint density at radius 3 is 2.29 bits per heavy atom. The first-order valence-corrected chi connectivity index (χ1v) is 5.87. The highest BCUT2D eigenvalue weighted by Gasteiger charge is 2.38. The SMILES string of the molecule is Cc1cc(F)ccc1CC(O)(CN)C(C)(C)C. The third kappa shape index (κ3) is 3.05. The topological polar surface area (TPSA) is 46.2 Å². The number of hydrogen-bond donors (Lipinski definition) is 2. The van der Waals surface area contributed by atoms with Gasteiger partial charge in [0, 0.05) is 13.0 Å². The van der Waals surface area contributed by atoms with Crippen molar-refractivity contribution in [3.63, 3.8) is 0 Å². The molecule has 0 bridgehead atoms.